The first-order chi connectivity index (χ1) is 24.7. The van der Waals surface area contributed by atoms with Crippen molar-refractivity contribution >= 4 is 39.6 Å². The number of rotatable bonds is 19. The van der Waals surface area contributed by atoms with E-state index in [2.05, 4.69) is 41.3 Å². The number of ether oxygens (including phenoxy) is 2. The summed E-state index contributed by atoms with van der Waals surface area (Å²) in [6, 6.07) is 16.8. The number of likely N-dealkylation sites (tertiary alicyclic amines) is 1. The van der Waals surface area contributed by atoms with Crippen LogP contribution in [0.5, 0.6) is 0 Å². The Morgan fingerprint density at radius 2 is 1.82 bits per heavy atom. The van der Waals surface area contributed by atoms with E-state index in [0.29, 0.717) is 31.4 Å². The number of allylic oxidation sites excluding steroid dienone is 1. The molecule has 3 fully saturated rings. The van der Waals surface area contributed by atoms with Crippen LogP contribution < -0.4 is 5.32 Å². The number of unbranched alkanes of at least 4 members (excludes halogenated alkanes) is 2. The SMILES string of the molecule is C=CCCC(=O)NC[C@@H](OC(=O)[C@H]1[C@@H]2O[C@@]3(CC2Br)[C@@H]1C(=O)N([C@@H](CO)Cc1ccccc1)[C@@H]3C(=O)N(CC=C)CCCCC)c1ccccc1. The third kappa shape index (κ3) is 8.16. The Hall–Kier alpha value is -3.80. The zero-order valence-electron chi connectivity index (χ0n) is 29.3. The van der Waals surface area contributed by atoms with Crippen molar-refractivity contribution in [2.24, 2.45) is 11.8 Å². The van der Waals surface area contributed by atoms with Crippen molar-refractivity contribution in [1.29, 1.82) is 0 Å². The molecule has 2 bridgehead atoms. The Bertz CT molecular complexity index is 1540. The summed E-state index contributed by atoms with van der Waals surface area (Å²) in [5.74, 6) is -3.57. The Labute approximate surface area is 309 Å². The van der Waals surface area contributed by atoms with Gasteiger partial charge >= 0.3 is 5.97 Å². The third-order valence-electron chi connectivity index (χ3n) is 10.3. The van der Waals surface area contributed by atoms with Gasteiger partial charge in [0.05, 0.1) is 37.1 Å². The highest BCUT2D eigenvalue weighted by atomic mass is 79.9. The molecule has 3 heterocycles. The predicted octanol–water partition coefficient (Wildman–Crippen LogP) is 4.91. The molecule has 11 heteroatoms. The van der Waals surface area contributed by atoms with Gasteiger partial charge in [0.25, 0.3) is 0 Å². The number of alkyl halides is 1. The van der Waals surface area contributed by atoms with E-state index >= 15 is 0 Å². The van der Waals surface area contributed by atoms with Crippen molar-refractivity contribution in [3.8, 4) is 0 Å². The Morgan fingerprint density at radius 3 is 2.47 bits per heavy atom. The molecule has 3 saturated heterocycles. The minimum absolute atomic E-state index is 0.0383. The number of nitrogens with zero attached hydrogens (tertiary/aromatic N) is 2. The van der Waals surface area contributed by atoms with Gasteiger partial charge in [-0.1, -0.05) is 109 Å². The summed E-state index contributed by atoms with van der Waals surface area (Å²) in [6.07, 6.45) is 5.88. The van der Waals surface area contributed by atoms with E-state index < -0.39 is 53.6 Å². The molecule has 10 nitrogen and oxygen atoms in total. The second-order valence-electron chi connectivity index (χ2n) is 13.7. The van der Waals surface area contributed by atoms with Crippen LogP contribution in [0.15, 0.2) is 86.0 Å². The fraction of sp³-hybridized carbons (Fsp3) is 0.500. The van der Waals surface area contributed by atoms with E-state index in [-0.39, 0.29) is 42.8 Å². The van der Waals surface area contributed by atoms with Crippen LogP contribution >= 0.6 is 15.9 Å². The molecule has 274 valence electrons. The lowest BCUT2D eigenvalue weighted by Crippen LogP contribution is -2.59. The van der Waals surface area contributed by atoms with Crippen LogP contribution in [0.2, 0.25) is 0 Å². The molecule has 3 aliphatic heterocycles. The normalized spacial score (nSPS) is 25.9. The lowest BCUT2D eigenvalue weighted by molar-refractivity contribution is -0.161. The van der Waals surface area contributed by atoms with Gasteiger partial charge in [-0.15, -0.1) is 13.2 Å². The first-order valence-corrected chi connectivity index (χ1v) is 18.9. The lowest BCUT2D eigenvalue weighted by atomic mass is 9.70. The fourth-order valence-electron chi connectivity index (χ4n) is 7.96. The Morgan fingerprint density at radius 1 is 1.12 bits per heavy atom. The van der Waals surface area contributed by atoms with E-state index in [9.17, 15) is 24.3 Å². The second-order valence-corrected chi connectivity index (χ2v) is 14.9. The van der Waals surface area contributed by atoms with E-state index in [1.807, 2.05) is 60.7 Å². The van der Waals surface area contributed by atoms with Crippen molar-refractivity contribution in [3.05, 3.63) is 97.1 Å². The highest BCUT2D eigenvalue weighted by Crippen LogP contribution is 2.61. The molecule has 2 aromatic carbocycles. The number of aliphatic hydroxyl groups is 1. The monoisotopic (exact) mass is 763 g/mol. The number of carbonyl (C=O) groups is 4. The van der Waals surface area contributed by atoms with Gasteiger partial charge in [0, 0.05) is 24.3 Å². The number of hydrogen-bond acceptors (Lipinski definition) is 7. The topological polar surface area (TPSA) is 125 Å². The number of aliphatic hydroxyl groups excluding tert-OH is 1. The molecule has 2 N–H and O–H groups in total. The fourth-order valence-corrected chi connectivity index (χ4v) is 8.90. The van der Waals surface area contributed by atoms with Gasteiger partial charge in [0.15, 0.2) is 0 Å². The first-order valence-electron chi connectivity index (χ1n) is 18.0. The predicted molar refractivity (Wildman–Crippen MR) is 198 cm³/mol. The standard InChI is InChI=1S/C40H50BrN3O7/c1-4-7-15-22-43(21-6-3)38(48)36-40-24-30(41)35(51-40)33(34(40)37(47)44(36)29(26-45)23-27-16-11-9-12-17-27)39(49)50-31(28-18-13-10-14-19-28)25-42-32(46)20-8-5-2/h5-6,9-14,16-19,29-31,33-36,45H,2-4,7-8,15,20-26H2,1H3,(H,42,46)/t29-,30?,31-,33-,34+,35-,36-,40+/m1/s1. The molecular formula is C40H50BrN3O7. The molecular weight excluding hydrogens is 714 g/mol. The number of carbonyl (C=O) groups excluding carboxylic acids is 4. The number of fused-ring (bicyclic) bond motifs is 1. The molecule has 3 aliphatic rings. The zero-order chi connectivity index (χ0) is 36.5. The number of nitrogens with one attached hydrogen (secondary N) is 1. The summed E-state index contributed by atoms with van der Waals surface area (Å²) in [5.41, 5.74) is 0.259. The van der Waals surface area contributed by atoms with Crippen LogP contribution in [-0.2, 0) is 35.1 Å². The summed E-state index contributed by atoms with van der Waals surface area (Å²) >= 11 is 3.75. The van der Waals surface area contributed by atoms with E-state index in [1.165, 1.54) is 4.90 Å². The van der Waals surface area contributed by atoms with Crippen LogP contribution in [0.1, 0.15) is 62.7 Å². The molecule has 0 aromatic heterocycles. The molecule has 51 heavy (non-hydrogen) atoms. The van der Waals surface area contributed by atoms with Crippen LogP contribution in [0, 0.1) is 11.8 Å². The molecule has 2 aromatic rings. The molecule has 0 aliphatic carbocycles. The van der Waals surface area contributed by atoms with Gasteiger partial charge in [-0.05, 0) is 36.8 Å². The van der Waals surface area contributed by atoms with Crippen molar-refractivity contribution in [2.75, 3.05) is 26.2 Å². The van der Waals surface area contributed by atoms with Crippen molar-refractivity contribution < 1.29 is 33.8 Å². The van der Waals surface area contributed by atoms with Gasteiger partial charge < -0.3 is 29.7 Å². The summed E-state index contributed by atoms with van der Waals surface area (Å²) in [7, 11) is 0. The van der Waals surface area contributed by atoms with Crippen molar-refractivity contribution in [3.63, 3.8) is 0 Å². The smallest absolute Gasteiger partial charge is 0.313 e. The molecule has 1 unspecified atom stereocenters. The van der Waals surface area contributed by atoms with Gasteiger partial charge in [0.1, 0.15) is 17.7 Å². The van der Waals surface area contributed by atoms with Gasteiger partial charge in [-0.2, -0.15) is 0 Å². The molecule has 8 atom stereocenters. The molecule has 1 spiro atoms. The summed E-state index contributed by atoms with van der Waals surface area (Å²) in [5, 5.41) is 13.7. The molecule has 5 rings (SSSR count). The van der Waals surface area contributed by atoms with Crippen LogP contribution in [-0.4, -0.2) is 93.5 Å². The average molecular weight is 765 g/mol. The van der Waals surface area contributed by atoms with Crippen LogP contribution in [0.3, 0.4) is 0 Å². The molecule has 3 amide bonds. The van der Waals surface area contributed by atoms with Gasteiger partial charge in [-0.25, -0.2) is 0 Å². The molecule has 0 radical (unpaired) electrons. The minimum Gasteiger partial charge on any atom is -0.455 e. The van der Waals surface area contributed by atoms with E-state index in [1.54, 1.807) is 17.1 Å². The summed E-state index contributed by atoms with van der Waals surface area (Å²) in [6.45, 7) is 10.1. The van der Waals surface area contributed by atoms with Crippen LogP contribution in [0.25, 0.3) is 0 Å². The Balaban J connectivity index is 1.50. The maximum absolute atomic E-state index is 14.9. The number of halogens is 1. The highest BCUT2D eigenvalue weighted by molar-refractivity contribution is 9.09. The number of benzene rings is 2. The number of esters is 1. The maximum Gasteiger partial charge on any atom is 0.313 e. The third-order valence-corrected chi connectivity index (χ3v) is 11.2. The highest BCUT2D eigenvalue weighted by Gasteiger charge is 2.77. The van der Waals surface area contributed by atoms with Gasteiger partial charge in [-0.3, -0.25) is 19.2 Å². The van der Waals surface area contributed by atoms with Crippen molar-refractivity contribution in [1.82, 2.24) is 15.1 Å². The minimum atomic E-state index is -1.33. The van der Waals surface area contributed by atoms with E-state index in [0.717, 1.165) is 24.8 Å². The zero-order valence-corrected chi connectivity index (χ0v) is 30.9. The first kappa shape index (κ1) is 38.4. The lowest BCUT2D eigenvalue weighted by Gasteiger charge is -2.39. The van der Waals surface area contributed by atoms with Crippen molar-refractivity contribution in [2.45, 2.75) is 86.6 Å². The summed E-state index contributed by atoms with van der Waals surface area (Å²) < 4.78 is 12.9. The number of hydrogen-bond donors (Lipinski definition) is 2. The summed E-state index contributed by atoms with van der Waals surface area (Å²) in [4.78, 5) is 59.5. The van der Waals surface area contributed by atoms with Gasteiger partial charge in [0.2, 0.25) is 17.7 Å². The van der Waals surface area contributed by atoms with Crippen LogP contribution in [0.4, 0.5) is 0 Å². The Kier molecular flexibility index (Phi) is 13.3. The second kappa shape index (κ2) is 17.6. The van der Waals surface area contributed by atoms with E-state index in [4.69, 9.17) is 9.47 Å². The maximum atomic E-state index is 14.9. The quantitative estimate of drug-likeness (QED) is 0.0902. The average Bonchev–Trinajstić information content (AvgIpc) is 3.74. The largest absolute Gasteiger partial charge is 0.455 e. The molecule has 0 saturated carbocycles. The number of amides is 3.